The van der Waals surface area contributed by atoms with E-state index in [1.54, 1.807) is 12.4 Å². The molecule has 7 heteroatoms. The van der Waals surface area contributed by atoms with Crippen LogP contribution in [-0.2, 0) is 11.2 Å². The number of aryl methyl sites for hydroxylation is 1. The van der Waals surface area contributed by atoms with Crippen molar-refractivity contribution in [3.63, 3.8) is 0 Å². The summed E-state index contributed by atoms with van der Waals surface area (Å²) >= 11 is 1.46. The van der Waals surface area contributed by atoms with Gasteiger partial charge >= 0.3 is 5.97 Å². The molecule has 0 spiro atoms. The van der Waals surface area contributed by atoms with Crippen molar-refractivity contribution >= 4 is 22.3 Å². The summed E-state index contributed by atoms with van der Waals surface area (Å²) in [6.07, 6.45) is 3.95. The van der Waals surface area contributed by atoms with Crippen LogP contribution >= 0.6 is 11.3 Å². The lowest BCUT2D eigenvalue weighted by Crippen LogP contribution is -2.00. The number of nitrogens with zero attached hydrogens (tertiary/aromatic N) is 4. The van der Waals surface area contributed by atoms with Gasteiger partial charge < -0.3 is 5.11 Å². The van der Waals surface area contributed by atoms with Crippen LogP contribution in [0.2, 0.25) is 0 Å². The summed E-state index contributed by atoms with van der Waals surface area (Å²) in [5, 5.41) is 19.0. The second-order valence-electron chi connectivity index (χ2n) is 4.00. The van der Waals surface area contributed by atoms with Crippen LogP contribution in [0.1, 0.15) is 12.1 Å². The van der Waals surface area contributed by atoms with Crippen molar-refractivity contribution in [2.75, 3.05) is 0 Å². The number of pyridine rings is 1. The lowest BCUT2D eigenvalue weighted by molar-refractivity contribution is -0.136. The molecule has 0 saturated carbocycles. The number of rotatable bonds is 4. The predicted molar refractivity (Wildman–Crippen MR) is 70.1 cm³/mol. The van der Waals surface area contributed by atoms with Gasteiger partial charge in [-0.15, -0.1) is 21.5 Å². The third-order valence-electron chi connectivity index (χ3n) is 2.75. The highest BCUT2D eigenvalue weighted by Crippen LogP contribution is 2.24. The number of hydrogen-bond acceptors (Lipinski definition) is 5. The van der Waals surface area contributed by atoms with Crippen molar-refractivity contribution in [3.05, 3.63) is 35.6 Å². The van der Waals surface area contributed by atoms with Crippen LogP contribution in [0.25, 0.3) is 16.3 Å². The quantitative estimate of drug-likeness (QED) is 0.785. The van der Waals surface area contributed by atoms with Gasteiger partial charge in [0.15, 0.2) is 5.82 Å². The molecule has 3 aromatic rings. The van der Waals surface area contributed by atoms with Gasteiger partial charge in [0.05, 0.1) is 6.42 Å². The lowest BCUT2D eigenvalue weighted by atomic mass is 10.2. The Labute approximate surface area is 112 Å². The largest absolute Gasteiger partial charge is 0.481 e. The highest BCUT2D eigenvalue weighted by Gasteiger charge is 2.14. The second kappa shape index (κ2) is 4.77. The molecular weight excluding hydrogens is 264 g/mol. The summed E-state index contributed by atoms with van der Waals surface area (Å²) in [5.41, 5.74) is 1.83. The van der Waals surface area contributed by atoms with E-state index in [1.807, 2.05) is 21.9 Å². The highest BCUT2D eigenvalue weighted by atomic mass is 32.1. The molecule has 3 aromatic heterocycles. The number of aromatic nitrogens is 4. The minimum atomic E-state index is -0.808. The normalized spacial score (nSPS) is 10.9. The number of hydrogen-bond donors (Lipinski definition) is 1. The zero-order chi connectivity index (χ0) is 13.2. The summed E-state index contributed by atoms with van der Waals surface area (Å²) in [5.74, 6) is -0.0862. The Kier molecular flexibility index (Phi) is 2.96. The zero-order valence-corrected chi connectivity index (χ0v) is 10.7. The van der Waals surface area contributed by atoms with Crippen LogP contribution in [0.5, 0.6) is 0 Å². The van der Waals surface area contributed by atoms with Crippen molar-refractivity contribution in [2.45, 2.75) is 12.8 Å². The average molecular weight is 274 g/mol. The van der Waals surface area contributed by atoms with Gasteiger partial charge in [0.2, 0.25) is 4.96 Å². The van der Waals surface area contributed by atoms with E-state index in [-0.39, 0.29) is 6.42 Å². The third kappa shape index (κ3) is 2.19. The molecule has 3 rings (SSSR count). The molecule has 0 fully saturated rings. The first-order valence-electron chi connectivity index (χ1n) is 5.69. The van der Waals surface area contributed by atoms with E-state index in [0.717, 1.165) is 22.0 Å². The van der Waals surface area contributed by atoms with Gasteiger partial charge in [0, 0.05) is 29.0 Å². The molecule has 1 N–H and O–H groups in total. The second-order valence-corrected chi connectivity index (χ2v) is 4.83. The number of thiazole rings is 1. The van der Waals surface area contributed by atoms with Crippen LogP contribution in [0.3, 0.4) is 0 Å². The Morgan fingerprint density at radius 3 is 2.84 bits per heavy atom. The molecule has 19 heavy (non-hydrogen) atoms. The molecule has 0 amide bonds. The molecule has 96 valence electrons. The highest BCUT2D eigenvalue weighted by molar-refractivity contribution is 7.15. The minimum absolute atomic E-state index is 0.0970. The van der Waals surface area contributed by atoms with E-state index in [2.05, 4.69) is 15.2 Å². The first-order chi connectivity index (χ1) is 9.25. The molecule has 0 atom stereocenters. The predicted octanol–water partition coefficient (Wildman–Crippen LogP) is 1.87. The molecule has 0 bridgehead atoms. The van der Waals surface area contributed by atoms with Gasteiger partial charge in [-0.05, 0) is 18.6 Å². The Morgan fingerprint density at radius 2 is 2.11 bits per heavy atom. The first-order valence-corrected chi connectivity index (χ1v) is 6.57. The zero-order valence-electron chi connectivity index (χ0n) is 9.85. The number of carboxylic acids is 1. The van der Waals surface area contributed by atoms with Gasteiger partial charge in [0.25, 0.3) is 0 Å². The monoisotopic (exact) mass is 274 g/mol. The smallest absolute Gasteiger partial charge is 0.303 e. The van der Waals surface area contributed by atoms with E-state index in [1.165, 1.54) is 11.3 Å². The maximum atomic E-state index is 10.7. The molecule has 0 aliphatic carbocycles. The van der Waals surface area contributed by atoms with Gasteiger partial charge in [0.1, 0.15) is 0 Å². The van der Waals surface area contributed by atoms with E-state index < -0.39 is 5.97 Å². The third-order valence-corrected chi connectivity index (χ3v) is 3.62. The first kappa shape index (κ1) is 11.8. The number of carbonyl (C=O) groups is 1. The van der Waals surface area contributed by atoms with Crippen molar-refractivity contribution in [1.29, 1.82) is 0 Å². The van der Waals surface area contributed by atoms with E-state index in [0.29, 0.717) is 6.42 Å². The molecule has 0 aromatic carbocycles. The van der Waals surface area contributed by atoms with Gasteiger partial charge in [-0.3, -0.25) is 14.2 Å². The summed E-state index contributed by atoms with van der Waals surface area (Å²) in [4.78, 5) is 15.4. The fourth-order valence-corrected chi connectivity index (χ4v) is 2.73. The van der Waals surface area contributed by atoms with Gasteiger partial charge in [-0.2, -0.15) is 0 Å². The molecular formula is C12H10N4O2S. The maximum absolute atomic E-state index is 10.7. The summed E-state index contributed by atoms with van der Waals surface area (Å²) in [6, 6.07) is 3.71. The molecule has 0 aliphatic heterocycles. The number of aliphatic carboxylic acids is 1. The Balaban J connectivity index is 2.06. The molecule has 0 radical (unpaired) electrons. The van der Waals surface area contributed by atoms with Crippen LogP contribution in [0, 0.1) is 0 Å². The summed E-state index contributed by atoms with van der Waals surface area (Å²) < 4.78 is 1.91. The standard InChI is InChI=1S/C12H10N4O2S/c17-10(18)2-1-9-7-19-12-15-14-11(16(9)12)8-3-5-13-6-4-8/h3-7H,1-2H2,(H,17,18). The van der Waals surface area contributed by atoms with Crippen LogP contribution in [0.15, 0.2) is 29.9 Å². The fourth-order valence-electron chi connectivity index (χ4n) is 1.87. The van der Waals surface area contributed by atoms with Gasteiger partial charge in [-0.1, -0.05) is 0 Å². The van der Waals surface area contributed by atoms with E-state index in [4.69, 9.17) is 5.11 Å². The average Bonchev–Trinajstić information content (AvgIpc) is 2.99. The van der Waals surface area contributed by atoms with Crippen LogP contribution in [0.4, 0.5) is 0 Å². The summed E-state index contributed by atoms with van der Waals surface area (Å²) in [6.45, 7) is 0. The Morgan fingerprint density at radius 1 is 1.32 bits per heavy atom. The maximum Gasteiger partial charge on any atom is 0.303 e. The molecule has 0 unspecified atom stereocenters. The van der Waals surface area contributed by atoms with Gasteiger partial charge in [-0.25, -0.2) is 0 Å². The Bertz CT molecular complexity index is 720. The van der Waals surface area contributed by atoms with Crippen LogP contribution < -0.4 is 0 Å². The Hall–Kier alpha value is -2.28. The topological polar surface area (TPSA) is 80.4 Å². The summed E-state index contributed by atoms with van der Waals surface area (Å²) in [7, 11) is 0. The van der Waals surface area contributed by atoms with Crippen LogP contribution in [-0.4, -0.2) is 30.7 Å². The lowest BCUT2D eigenvalue weighted by Gasteiger charge is -2.01. The number of fused-ring (bicyclic) bond motifs is 1. The SMILES string of the molecule is O=C(O)CCc1csc2nnc(-c3ccncc3)n12. The van der Waals surface area contributed by atoms with Crippen molar-refractivity contribution in [3.8, 4) is 11.4 Å². The van der Waals surface area contributed by atoms with Crippen molar-refractivity contribution < 1.29 is 9.90 Å². The molecule has 3 heterocycles. The molecule has 6 nitrogen and oxygen atoms in total. The molecule has 0 aliphatic rings. The van der Waals surface area contributed by atoms with Crippen molar-refractivity contribution in [1.82, 2.24) is 19.6 Å². The number of carboxylic acid groups (broad SMARTS) is 1. The van der Waals surface area contributed by atoms with E-state index in [9.17, 15) is 4.79 Å². The minimum Gasteiger partial charge on any atom is -0.481 e. The van der Waals surface area contributed by atoms with Crippen molar-refractivity contribution in [2.24, 2.45) is 0 Å². The van der Waals surface area contributed by atoms with E-state index >= 15 is 0 Å². The fraction of sp³-hybridized carbons (Fsp3) is 0.167. The molecule has 0 saturated heterocycles.